The average Bonchev–Trinajstić information content (AvgIpc) is 2.87. The number of esters is 1. The molecule has 0 amide bonds. The fourth-order valence-corrected chi connectivity index (χ4v) is 2.75. The van der Waals surface area contributed by atoms with E-state index in [1.807, 2.05) is 26.0 Å². The zero-order valence-corrected chi connectivity index (χ0v) is 14.3. The van der Waals surface area contributed by atoms with Crippen molar-refractivity contribution in [2.75, 3.05) is 6.61 Å². The Morgan fingerprint density at radius 3 is 2.75 bits per heavy atom. The van der Waals surface area contributed by atoms with E-state index in [2.05, 4.69) is 20.3 Å². The Morgan fingerprint density at radius 2 is 2.08 bits per heavy atom. The molecule has 124 valence electrons. The molecule has 0 aliphatic heterocycles. The molecule has 0 aliphatic carbocycles. The van der Waals surface area contributed by atoms with Crippen LogP contribution >= 0.6 is 11.6 Å². The number of pyridine rings is 1. The molecule has 7 nitrogen and oxygen atoms in total. The van der Waals surface area contributed by atoms with Crippen LogP contribution in [0.15, 0.2) is 18.3 Å². The van der Waals surface area contributed by atoms with Crippen molar-refractivity contribution in [3.05, 3.63) is 46.0 Å². The van der Waals surface area contributed by atoms with Crippen molar-refractivity contribution in [1.29, 1.82) is 0 Å². The molecule has 0 N–H and O–H groups in total. The van der Waals surface area contributed by atoms with Gasteiger partial charge in [0.25, 0.3) is 0 Å². The lowest BCUT2D eigenvalue weighted by Crippen LogP contribution is -2.08. The van der Waals surface area contributed by atoms with Gasteiger partial charge in [0.05, 0.1) is 46.2 Å². The summed E-state index contributed by atoms with van der Waals surface area (Å²) in [4.78, 5) is 16.3. The zero-order chi connectivity index (χ0) is 17.3. The first-order valence-electron chi connectivity index (χ1n) is 7.49. The maximum absolute atomic E-state index is 12.0. The monoisotopic (exact) mass is 345 g/mol. The van der Waals surface area contributed by atoms with Crippen LogP contribution in [0.5, 0.6) is 0 Å². The van der Waals surface area contributed by atoms with Crippen LogP contribution in [0.2, 0.25) is 5.02 Å². The Hall–Kier alpha value is -2.54. The van der Waals surface area contributed by atoms with Crippen molar-refractivity contribution >= 4 is 28.6 Å². The van der Waals surface area contributed by atoms with Gasteiger partial charge in [0.1, 0.15) is 0 Å². The van der Waals surface area contributed by atoms with Gasteiger partial charge in [-0.15, -0.1) is 0 Å². The van der Waals surface area contributed by atoms with Crippen molar-refractivity contribution in [2.24, 2.45) is 0 Å². The van der Waals surface area contributed by atoms with Gasteiger partial charge < -0.3 is 4.74 Å². The molecule has 3 aromatic rings. The molecule has 0 bridgehead atoms. The number of rotatable bonds is 4. The molecule has 0 aromatic carbocycles. The number of carbonyl (C=O) groups excluding carboxylic acids is 1. The van der Waals surface area contributed by atoms with E-state index in [0.29, 0.717) is 28.3 Å². The number of ether oxygens (including phenoxy) is 1. The summed E-state index contributed by atoms with van der Waals surface area (Å²) in [7, 11) is 0. The summed E-state index contributed by atoms with van der Waals surface area (Å²) < 4.78 is 6.70. The number of hydrogen-bond acceptors (Lipinski definition) is 6. The molecule has 3 aromatic heterocycles. The minimum Gasteiger partial charge on any atom is -0.462 e. The third-order valence-corrected chi connectivity index (χ3v) is 3.93. The molecular formula is C16H16ClN5O2. The predicted octanol–water partition coefficient (Wildman–Crippen LogP) is 2.72. The van der Waals surface area contributed by atoms with Crippen molar-refractivity contribution < 1.29 is 9.53 Å². The molecule has 0 spiro atoms. The highest BCUT2D eigenvalue weighted by molar-refractivity contribution is 6.38. The van der Waals surface area contributed by atoms with Crippen LogP contribution in [-0.4, -0.2) is 37.5 Å². The SMILES string of the molecule is CCOC(=O)c1cnc2c(c(C)nn2Cc2ccc(C)nn2)c1Cl. The van der Waals surface area contributed by atoms with E-state index in [4.69, 9.17) is 16.3 Å². The lowest BCUT2D eigenvalue weighted by molar-refractivity contribution is 0.0526. The number of aromatic nitrogens is 5. The number of fused-ring (bicyclic) bond motifs is 1. The van der Waals surface area contributed by atoms with Crippen LogP contribution in [0.4, 0.5) is 0 Å². The summed E-state index contributed by atoms with van der Waals surface area (Å²) in [6.07, 6.45) is 1.42. The number of carbonyl (C=O) groups is 1. The van der Waals surface area contributed by atoms with Crippen molar-refractivity contribution in [2.45, 2.75) is 27.3 Å². The van der Waals surface area contributed by atoms with Gasteiger partial charge in [0, 0.05) is 6.20 Å². The second-order valence-electron chi connectivity index (χ2n) is 5.31. The maximum Gasteiger partial charge on any atom is 0.341 e. The van der Waals surface area contributed by atoms with E-state index in [1.54, 1.807) is 11.6 Å². The first-order valence-corrected chi connectivity index (χ1v) is 7.87. The van der Waals surface area contributed by atoms with Crippen molar-refractivity contribution in [1.82, 2.24) is 25.0 Å². The molecule has 0 saturated heterocycles. The first-order chi connectivity index (χ1) is 11.5. The fraction of sp³-hybridized carbons (Fsp3) is 0.312. The molecule has 24 heavy (non-hydrogen) atoms. The fourth-order valence-electron chi connectivity index (χ4n) is 2.40. The highest BCUT2D eigenvalue weighted by atomic mass is 35.5. The van der Waals surface area contributed by atoms with E-state index < -0.39 is 5.97 Å². The van der Waals surface area contributed by atoms with E-state index in [-0.39, 0.29) is 12.2 Å². The largest absolute Gasteiger partial charge is 0.462 e. The average molecular weight is 346 g/mol. The van der Waals surface area contributed by atoms with E-state index in [0.717, 1.165) is 11.4 Å². The number of halogens is 1. The smallest absolute Gasteiger partial charge is 0.341 e. The lowest BCUT2D eigenvalue weighted by atomic mass is 10.2. The molecular weight excluding hydrogens is 330 g/mol. The highest BCUT2D eigenvalue weighted by Crippen LogP contribution is 2.29. The second-order valence-corrected chi connectivity index (χ2v) is 5.69. The van der Waals surface area contributed by atoms with Crippen molar-refractivity contribution in [3.63, 3.8) is 0 Å². The molecule has 0 aliphatic rings. The van der Waals surface area contributed by atoms with Crippen LogP contribution in [-0.2, 0) is 11.3 Å². The van der Waals surface area contributed by atoms with Gasteiger partial charge in [-0.3, -0.25) is 0 Å². The second kappa shape index (κ2) is 6.52. The molecule has 0 saturated carbocycles. The first kappa shape index (κ1) is 16.3. The normalized spacial score (nSPS) is 11.0. The Kier molecular flexibility index (Phi) is 4.44. The van der Waals surface area contributed by atoms with E-state index >= 15 is 0 Å². The molecule has 3 heterocycles. The Labute approximate surface area is 143 Å². The lowest BCUT2D eigenvalue weighted by Gasteiger charge is -2.06. The molecule has 8 heteroatoms. The summed E-state index contributed by atoms with van der Waals surface area (Å²) in [6, 6.07) is 3.78. The molecule has 0 atom stereocenters. The van der Waals surface area contributed by atoms with Crippen LogP contribution in [0.25, 0.3) is 11.0 Å². The molecule has 0 unspecified atom stereocenters. The molecule has 0 radical (unpaired) electrons. The third kappa shape index (κ3) is 2.94. The Morgan fingerprint density at radius 1 is 1.29 bits per heavy atom. The number of hydrogen-bond donors (Lipinski definition) is 0. The number of nitrogens with zero attached hydrogens (tertiary/aromatic N) is 5. The summed E-state index contributed by atoms with van der Waals surface area (Å²) in [5.41, 5.74) is 3.13. The highest BCUT2D eigenvalue weighted by Gasteiger charge is 2.20. The van der Waals surface area contributed by atoms with Gasteiger partial charge in [-0.05, 0) is 32.9 Å². The zero-order valence-electron chi connectivity index (χ0n) is 13.6. The summed E-state index contributed by atoms with van der Waals surface area (Å²) in [5, 5.41) is 13.6. The minimum atomic E-state index is -0.492. The van der Waals surface area contributed by atoms with Crippen LogP contribution in [0.3, 0.4) is 0 Å². The summed E-state index contributed by atoms with van der Waals surface area (Å²) >= 11 is 6.39. The van der Waals surface area contributed by atoms with E-state index in [1.165, 1.54) is 6.20 Å². The van der Waals surface area contributed by atoms with Crippen LogP contribution in [0.1, 0.15) is 34.4 Å². The van der Waals surface area contributed by atoms with E-state index in [9.17, 15) is 4.79 Å². The van der Waals surface area contributed by atoms with Gasteiger partial charge in [0.15, 0.2) is 5.65 Å². The molecule has 0 fully saturated rings. The van der Waals surface area contributed by atoms with Gasteiger partial charge in [-0.25, -0.2) is 14.5 Å². The summed E-state index contributed by atoms with van der Waals surface area (Å²) in [5.74, 6) is -0.492. The van der Waals surface area contributed by atoms with Gasteiger partial charge in [0.2, 0.25) is 0 Å². The van der Waals surface area contributed by atoms with Crippen LogP contribution < -0.4 is 0 Å². The minimum absolute atomic E-state index is 0.240. The Bertz CT molecular complexity index is 905. The Balaban J connectivity index is 2.04. The number of aryl methyl sites for hydroxylation is 2. The van der Waals surface area contributed by atoms with Crippen molar-refractivity contribution in [3.8, 4) is 0 Å². The molecule has 3 rings (SSSR count). The quantitative estimate of drug-likeness (QED) is 0.676. The van der Waals surface area contributed by atoms with Gasteiger partial charge in [-0.1, -0.05) is 11.6 Å². The summed E-state index contributed by atoms with van der Waals surface area (Å²) in [6.45, 7) is 6.13. The van der Waals surface area contributed by atoms with Crippen LogP contribution in [0, 0.1) is 13.8 Å². The predicted molar refractivity (Wildman–Crippen MR) is 89.1 cm³/mol. The topological polar surface area (TPSA) is 82.8 Å². The maximum atomic E-state index is 12.0. The standard InChI is InChI=1S/C16H16ClN5O2/c1-4-24-16(23)12-7-18-15-13(14(12)17)10(3)21-22(15)8-11-6-5-9(2)19-20-11/h5-7H,4,8H2,1-3H3. The van der Waals surface area contributed by atoms with Gasteiger partial charge in [-0.2, -0.15) is 15.3 Å². The van der Waals surface area contributed by atoms with Gasteiger partial charge >= 0.3 is 5.97 Å². The third-order valence-electron chi connectivity index (χ3n) is 3.53.